The Kier molecular flexibility index (Phi) is 9.38. The lowest BCUT2D eigenvalue weighted by molar-refractivity contribution is -0.117. The monoisotopic (exact) mass is 520 g/mol. The first-order chi connectivity index (χ1) is 12.8. The minimum absolute atomic E-state index is 0.162. The molecule has 1 aromatic carbocycles. The van der Waals surface area contributed by atoms with Crippen LogP contribution in [-0.2, 0) is 15.8 Å². The van der Waals surface area contributed by atoms with E-state index >= 15 is 0 Å². The van der Waals surface area contributed by atoms with E-state index in [2.05, 4.69) is 67.1 Å². The van der Waals surface area contributed by atoms with Crippen LogP contribution in [0, 0.1) is 3.57 Å². The second kappa shape index (κ2) is 10.6. The van der Waals surface area contributed by atoms with E-state index < -0.39 is 20.4 Å². The Labute approximate surface area is 182 Å². The van der Waals surface area contributed by atoms with Crippen molar-refractivity contribution < 1.29 is 14.0 Å². The van der Waals surface area contributed by atoms with Crippen molar-refractivity contribution in [2.45, 2.75) is 64.4 Å². The molecule has 0 aliphatic heterocycles. The lowest BCUT2D eigenvalue weighted by Gasteiger charge is -2.36. The molecule has 1 unspecified atom stereocenters. The topological polar surface area (TPSA) is 119 Å². The number of rotatable bonds is 9. The molecule has 6 N–H and O–H groups in total. The van der Waals surface area contributed by atoms with Gasteiger partial charge in [0.1, 0.15) is 0 Å². The first kappa shape index (κ1) is 24.9. The SMILES string of the molecule is CC(C)(C)[Si](C)(C)OCc1ccc(NC(=O)C(N)CCCNC(N)=O)cc1I. The summed E-state index contributed by atoms with van der Waals surface area (Å²) in [7, 11) is -1.81. The van der Waals surface area contributed by atoms with Gasteiger partial charge in [-0.05, 0) is 71.3 Å². The minimum Gasteiger partial charge on any atom is -0.413 e. The van der Waals surface area contributed by atoms with Crippen molar-refractivity contribution in [2.24, 2.45) is 11.5 Å². The summed E-state index contributed by atoms with van der Waals surface area (Å²) in [6, 6.07) is 4.54. The summed E-state index contributed by atoms with van der Waals surface area (Å²) in [6.07, 6.45) is 1.04. The number of benzene rings is 1. The molecule has 0 aliphatic rings. The molecule has 0 spiro atoms. The lowest BCUT2D eigenvalue weighted by Crippen LogP contribution is -2.40. The van der Waals surface area contributed by atoms with E-state index in [0.29, 0.717) is 31.7 Å². The Morgan fingerprint density at radius 1 is 1.29 bits per heavy atom. The van der Waals surface area contributed by atoms with Crippen LogP contribution in [0.15, 0.2) is 18.2 Å². The minimum atomic E-state index is -1.81. The Bertz CT molecular complexity index is 692. The number of carbonyl (C=O) groups is 2. The normalized spacial score (nSPS) is 13.1. The number of nitrogens with two attached hydrogens (primary N) is 2. The first-order valence-electron chi connectivity index (χ1n) is 9.35. The number of hydrogen-bond donors (Lipinski definition) is 4. The molecular weight excluding hydrogens is 487 g/mol. The third kappa shape index (κ3) is 8.06. The quantitative estimate of drug-likeness (QED) is 0.226. The molecule has 3 amide bonds. The van der Waals surface area contributed by atoms with Gasteiger partial charge in [-0.25, -0.2) is 4.79 Å². The maximum absolute atomic E-state index is 12.2. The zero-order valence-electron chi connectivity index (χ0n) is 17.4. The fraction of sp³-hybridized carbons (Fsp3) is 0.579. The predicted molar refractivity (Wildman–Crippen MR) is 125 cm³/mol. The van der Waals surface area contributed by atoms with Gasteiger partial charge >= 0.3 is 6.03 Å². The van der Waals surface area contributed by atoms with Crippen molar-refractivity contribution in [1.82, 2.24) is 5.32 Å². The highest BCUT2D eigenvalue weighted by atomic mass is 127. The smallest absolute Gasteiger partial charge is 0.312 e. The molecule has 1 aromatic rings. The van der Waals surface area contributed by atoms with E-state index in [0.717, 1.165) is 9.13 Å². The summed E-state index contributed by atoms with van der Waals surface area (Å²) in [5.74, 6) is -0.250. The van der Waals surface area contributed by atoms with Crippen molar-refractivity contribution >= 4 is 48.5 Å². The number of primary amides is 1. The van der Waals surface area contributed by atoms with Crippen LogP contribution in [0.2, 0.25) is 18.1 Å². The standard InChI is InChI=1S/C19H33IN4O3Si/c1-19(2,3)28(4,5)27-12-13-8-9-14(11-15(13)20)24-17(25)16(21)7-6-10-23-18(22)26/h8-9,11,16H,6-7,10,12,21H2,1-5H3,(H,24,25)(H3,22,23,26). The van der Waals surface area contributed by atoms with Crippen LogP contribution in [0.5, 0.6) is 0 Å². The maximum Gasteiger partial charge on any atom is 0.312 e. The van der Waals surface area contributed by atoms with Gasteiger partial charge in [-0.2, -0.15) is 0 Å². The second-order valence-corrected chi connectivity index (χ2v) is 14.4. The van der Waals surface area contributed by atoms with E-state index in [-0.39, 0.29) is 10.9 Å². The van der Waals surface area contributed by atoms with Gasteiger partial charge in [0.25, 0.3) is 0 Å². The third-order valence-corrected chi connectivity index (χ3v) is 10.5. The average Bonchev–Trinajstić information content (AvgIpc) is 2.56. The van der Waals surface area contributed by atoms with Gasteiger partial charge in [0.05, 0.1) is 12.6 Å². The van der Waals surface area contributed by atoms with E-state index in [9.17, 15) is 9.59 Å². The summed E-state index contributed by atoms with van der Waals surface area (Å²) in [6.45, 7) is 12.1. The summed E-state index contributed by atoms with van der Waals surface area (Å²) < 4.78 is 7.32. The zero-order valence-corrected chi connectivity index (χ0v) is 20.6. The predicted octanol–water partition coefficient (Wildman–Crippen LogP) is 3.53. The molecular formula is C19H33IN4O3Si. The molecule has 9 heteroatoms. The highest BCUT2D eigenvalue weighted by Crippen LogP contribution is 2.37. The summed E-state index contributed by atoms with van der Waals surface area (Å²) in [5, 5.41) is 5.48. The summed E-state index contributed by atoms with van der Waals surface area (Å²) >= 11 is 2.26. The summed E-state index contributed by atoms with van der Waals surface area (Å²) in [4.78, 5) is 22.9. The van der Waals surface area contributed by atoms with Crippen molar-refractivity contribution in [3.63, 3.8) is 0 Å². The molecule has 1 atom stereocenters. The number of urea groups is 1. The Morgan fingerprint density at radius 2 is 1.93 bits per heavy atom. The van der Waals surface area contributed by atoms with Crippen molar-refractivity contribution in [1.29, 1.82) is 0 Å². The van der Waals surface area contributed by atoms with Crippen LogP contribution < -0.4 is 22.1 Å². The van der Waals surface area contributed by atoms with Gasteiger partial charge < -0.3 is 26.5 Å². The van der Waals surface area contributed by atoms with Crippen molar-refractivity contribution in [3.8, 4) is 0 Å². The number of amides is 3. The van der Waals surface area contributed by atoms with Gasteiger partial charge in [0.2, 0.25) is 5.91 Å². The van der Waals surface area contributed by atoms with Gasteiger partial charge in [-0.3, -0.25) is 4.79 Å². The van der Waals surface area contributed by atoms with Crippen molar-refractivity contribution in [3.05, 3.63) is 27.3 Å². The van der Waals surface area contributed by atoms with E-state index in [1.54, 1.807) is 0 Å². The largest absolute Gasteiger partial charge is 0.413 e. The van der Waals surface area contributed by atoms with Gasteiger partial charge in [0, 0.05) is 15.8 Å². The number of carbonyl (C=O) groups excluding carboxylic acids is 2. The zero-order chi connectivity index (χ0) is 21.5. The number of nitrogens with one attached hydrogen (secondary N) is 2. The fourth-order valence-electron chi connectivity index (χ4n) is 2.12. The number of anilines is 1. The highest BCUT2D eigenvalue weighted by Gasteiger charge is 2.37. The molecule has 0 aliphatic carbocycles. The number of hydrogen-bond acceptors (Lipinski definition) is 4. The molecule has 0 heterocycles. The highest BCUT2D eigenvalue weighted by molar-refractivity contribution is 14.1. The molecule has 0 saturated carbocycles. The molecule has 0 fully saturated rings. The average molecular weight is 520 g/mol. The van der Waals surface area contributed by atoms with Gasteiger partial charge in [-0.1, -0.05) is 26.8 Å². The van der Waals surface area contributed by atoms with Gasteiger partial charge in [-0.15, -0.1) is 0 Å². The van der Waals surface area contributed by atoms with E-state index in [1.807, 2.05) is 18.2 Å². The van der Waals surface area contributed by atoms with Crippen LogP contribution in [0.1, 0.15) is 39.2 Å². The summed E-state index contributed by atoms with van der Waals surface area (Å²) in [5.41, 5.74) is 12.7. The number of halogens is 1. The lowest BCUT2D eigenvalue weighted by atomic mass is 10.1. The van der Waals surface area contributed by atoms with Crippen LogP contribution in [-0.4, -0.2) is 32.8 Å². The maximum atomic E-state index is 12.2. The molecule has 28 heavy (non-hydrogen) atoms. The third-order valence-electron chi connectivity index (χ3n) is 5.04. The molecule has 0 radical (unpaired) electrons. The molecule has 7 nitrogen and oxygen atoms in total. The van der Waals surface area contributed by atoms with Crippen molar-refractivity contribution in [2.75, 3.05) is 11.9 Å². The second-order valence-electron chi connectivity index (χ2n) is 8.38. The molecule has 158 valence electrons. The van der Waals surface area contributed by atoms with E-state index in [1.165, 1.54) is 0 Å². The Hall–Kier alpha value is -1.17. The van der Waals surface area contributed by atoms with Gasteiger partial charge in [0.15, 0.2) is 8.32 Å². The molecule has 1 rings (SSSR count). The first-order valence-corrected chi connectivity index (χ1v) is 13.3. The fourth-order valence-corrected chi connectivity index (χ4v) is 3.74. The van der Waals surface area contributed by atoms with E-state index in [4.69, 9.17) is 15.9 Å². The van der Waals surface area contributed by atoms with Crippen LogP contribution in [0.3, 0.4) is 0 Å². The van der Waals surface area contributed by atoms with Crippen LogP contribution in [0.25, 0.3) is 0 Å². The molecule has 0 aromatic heterocycles. The molecule has 0 bridgehead atoms. The molecule has 0 saturated heterocycles. The van der Waals surface area contributed by atoms with Crippen LogP contribution >= 0.6 is 22.6 Å². The Balaban J connectivity index is 2.59. The Morgan fingerprint density at radius 3 is 2.46 bits per heavy atom. The van der Waals surface area contributed by atoms with Crippen LogP contribution in [0.4, 0.5) is 10.5 Å².